The number of pyridine rings is 1. The van der Waals surface area contributed by atoms with Gasteiger partial charge in [-0.3, -0.25) is 4.98 Å². The minimum absolute atomic E-state index is 0.727. The van der Waals surface area contributed by atoms with E-state index in [0.29, 0.717) is 0 Å². The van der Waals surface area contributed by atoms with Gasteiger partial charge in [-0.25, -0.2) is 9.67 Å². The zero-order valence-corrected chi connectivity index (χ0v) is 17.1. The summed E-state index contributed by atoms with van der Waals surface area (Å²) in [5.74, 6) is 0.727. The van der Waals surface area contributed by atoms with Crippen LogP contribution in [0.25, 0.3) is 10.6 Å². The minimum atomic E-state index is 0.727. The van der Waals surface area contributed by atoms with Crippen molar-refractivity contribution in [1.82, 2.24) is 9.66 Å². The van der Waals surface area contributed by atoms with Gasteiger partial charge in [-0.2, -0.15) is 5.10 Å². The van der Waals surface area contributed by atoms with Crippen molar-refractivity contribution in [2.45, 2.75) is 6.92 Å². The van der Waals surface area contributed by atoms with Gasteiger partial charge in [-0.05, 0) is 42.6 Å². The summed E-state index contributed by atoms with van der Waals surface area (Å²) in [5.41, 5.74) is 3.42. The van der Waals surface area contributed by atoms with Gasteiger partial charge in [-0.1, -0.05) is 24.3 Å². The predicted molar refractivity (Wildman–Crippen MR) is 116 cm³/mol. The van der Waals surface area contributed by atoms with Gasteiger partial charge >= 0.3 is 0 Å². The molecule has 4 rings (SSSR count). The molecule has 140 valence electrons. The standard InChI is InChI=1S/C21H18N4OS2/c1-15(16-8-5-6-12-22-16)24-25-18(20-11-7-13-27-20)14-28-21(25)23-17-9-3-4-10-19(17)26-2/h3-14H,1-2H3. The molecule has 5 nitrogen and oxygen atoms in total. The van der Waals surface area contributed by atoms with Crippen LogP contribution in [-0.2, 0) is 0 Å². The lowest BCUT2D eigenvalue weighted by Crippen LogP contribution is -2.14. The highest BCUT2D eigenvalue weighted by Gasteiger charge is 2.11. The third-order valence-electron chi connectivity index (χ3n) is 4.05. The van der Waals surface area contributed by atoms with Crippen molar-refractivity contribution < 1.29 is 4.74 Å². The molecule has 0 saturated heterocycles. The lowest BCUT2D eigenvalue weighted by molar-refractivity contribution is 0.416. The first-order valence-electron chi connectivity index (χ1n) is 8.65. The molecular formula is C21H18N4OS2. The number of aromatic nitrogens is 2. The molecule has 0 N–H and O–H groups in total. The van der Waals surface area contributed by atoms with Crippen LogP contribution < -0.4 is 9.54 Å². The summed E-state index contributed by atoms with van der Waals surface area (Å²) < 4.78 is 7.33. The number of hydrogen-bond acceptors (Lipinski definition) is 6. The smallest absolute Gasteiger partial charge is 0.211 e. The Labute approximate surface area is 171 Å². The molecule has 0 aliphatic heterocycles. The normalized spacial score (nSPS) is 12.4. The number of methoxy groups -OCH3 is 1. The lowest BCUT2D eigenvalue weighted by atomic mass is 10.3. The Hall–Kier alpha value is -3.03. The maximum Gasteiger partial charge on any atom is 0.211 e. The van der Waals surface area contributed by atoms with Gasteiger partial charge in [0.2, 0.25) is 4.80 Å². The van der Waals surface area contributed by atoms with Crippen LogP contribution in [-0.4, -0.2) is 22.5 Å². The second kappa shape index (κ2) is 8.33. The van der Waals surface area contributed by atoms with Gasteiger partial charge in [0.25, 0.3) is 0 Å². The van der Waals surface area contributed by atoms with Crippen molar-refractivity contribution in [3.63, 3.8) is 0 Å². The number of nitrogens with zero attached hydrogens (tertiary/aromatic N) is 4. The van der Waals surface area contributed by atoms with E-state index in [1.54, 1.807) is 36.0 Å². The van der Waals surface area contributed by atoms with Crippen molar-refractivity contribution in [3.05, 3.63) is 82.0 Å². The average Bonchev–Trinajstić information content (AvgIpc) is 3.39. The number of benzene rings is 1. The molecule has 0 atom stereocenters. The van der Waals surface area contributed by atoms with E-state index in [4.69, 9.17) is 14.8 Å². The minimum Gasteiger partial charge on any atom is -0.494 e. The Kier molecular flexibility index (Phi) is 5.45. The number of ether oxygens (including phenoxy) is 1. The number of rotatable bonds is 5. The van der Waals surface area contributed by atoms with E-state index < -0.39 is 0 Å². The number of hydrogen-bond donors (Lipinski definition) is 0. The quantitative estimate of drug-likeness (QED) is 0.429. The van der Waals surface area contributed by atoms with Crippen molar-refractivity contribution in [2.24, 2.45) is 10.1 Å². The summed E-state index contributed by atoms with van der Waals surface area (Å²) in [5, 5.41) is 8.99. The summed E-state index contributed by atoms with van der Waals surface area (Å²) in [6.45, 7) is 1.96. The highest BCUT2D eigenvalue weighted by atomic mass is 32.1. The van der Waals surface area contributed by atoms with Crippen molar-refractivity contribution >= 4 is 34.1 Å². The highest BCUT2D eigenvalue weighted by Crippen LogP contribution is 2.28. The topological polar surface area (TPSA) is 51.8 Å². The monoisotopic (exact) mass is 406 g/mol. The molecular weight excluding hydrogens is 388 g/mol. The van der Waals surface area contributed by atoms with E-state index >= 15 is 0 Å². The van der Waals surface area contributed by atoms with Crippen LogP contribution in [0.2, 0.25) is 0 Å². The SMILES string of the molecule is COc1ccccc1N=c1scc(-c2cccs2)n1N=C(C)c1ccccn1. The van der Waals surface area contributed by atoms with E-state index in [-0.39, 0.29) is 0 Å². The summed E-state index contributed by atoms with van der Waals surface area (Å²) >= 11 is 3.22. The van der Waals surface area contributed by atoms with Gasteiger partial charge in [0.1, 0.15) is 11.4 Å². The largest absolute Gasteiger partial charge is 0.494 e. The molecule has 7 heteroatoms. The zero-order valence-electron chi connectivity index (χ0n) is 15.4. The summed E-state index contributed by atoms with van der Waals surface area (Å²) in [6, 6.07) is 17.6. The van der Waals surface area contributed by atoms with Gasteiger partial charge < -0.3 is 4.74 Å². The molecule has 3 heterocycles. The Bertz CT molecular complexity index is 1160. The molecule has 0 aliphatic carbocycles. The first-order valence-corrected chi connectivity index (χ1v) is 10.4. The van der Waals surface area contributed by atoms with Crippen LogP contribution in [0.4, 0.5) is 5.69 Å². The molecule has 0 fully saturated rings. The summed E-state index contributed by atoms with van der Waals surface area (Å²) in [4.78, 5) is 11.1. The second-order valence-corrected chi connectivity index (χ2v) is 7.66. The van der Waals surface area contributed by atoms with Gasteiger partial charge in [0.05, 0.1) is 29.1 Å². The number of para-hydroxylation sites is 2. The fourth-order valence-corrected chi connectivity index (χ4v) is 4.31. The molecule has 1 aromatic carbocycles. The number of thiazole rings is 1. The Morgan fingerprint density at radius 3 is 2.64 bits per heavy atom. The molecule has 0 saturated carbocycles. The van der Waals surface area contributed by atoms with Crippen molar-refractivity contribution in [3.8, 4) is 16.3 Å². The fraction of sp³-hybridized carbons (Fsp3) is 0.0952. The van der Waals surface area contributed by atoms with Gasteiger partial charge in [0, 0.05) is 11.6 Å². The van der Waals surface area contributed by atoms with Crippen LogP contribution in [0.1, 0.15) is 12.6 Å². The van der Waals surface area contributed by atoms with Crippen molar-refractivity contribution in [2.75, 3.05) is 7.11 Å². The Morgan fingerprint density at radius 1 is 1.04 bits per heavy atom. The van der Waals surface area contributed by atoms with Crippen molar-refractivity contribution in [1.29, 1.82) is 0 Å². The van der Waals surface area contributed by atoms with Crippen LogP contribution in [0.5, 0.6) is 5.75 Å². The van der Waals surface area contributed by atoms with E-state index in [0.717, 1.165) is 38.2 Å². The third kappa shape index (κ3) is 3.81. The number of thiophene rings is 1. The first-order chi connectivity index (χ1) is 13.8. The molecule has 0 amide bonds. The van der Waals surface area contributed by atoms with Gasteiger partial charge in [-0.15, -0.1) is 22.7 Å². The lowest BCUT2D eigenvalue weighted by Gasteiger charge is -2.05. The molecule has 4 aromatic rings. The highest BCUT2D eigenvalue weighted by molar-refractivity contribution is 7.14. The fourth-order valence-electron chi connectivity index (χ4n) is 2.67. The molecule has 0 aliphatic rings. The van der Waals surface area contributed by atoms with E-state index in [2.05, 4.69) is 21.8 Å². The Balaban J connectivity index is 1.90. The molecule has 28 heavy (non-hydrogen) atoms. The maximum atomic E-state index is 5.44. The third-order valence-corrected chi connectivity index (χ3v) is 5.75. The summed E-state index contributed by atoms with van der Waals surface area (Å²) in [6.07, 6.45) is 1.77. The molecule has 0 radical (unpaired) electrons. The van der Waals surface area contributed by atoms with Crippen LogP contribution in [0.15, 0.2) is 81.6 Å². The first kappa shape index (κ1) is 18.3. The second-order valence-electron chi connectivity index (χ2n) is 5.88. The molecule has 0 spiro atoms. The molecule has 0 bridgehead atoms. The predicted octanol–water partition coefficient (Wildman–Crippen LogP) is 5.19. The summed E-state index contributed by atoms with van der Waals surface area (Å²) in [7, 11) is 1.65. The maximum absolute atomic E-state index is 5.44. The zero-order chi connectivity index (χ0) is 19.3. The average molecular weight is 407 g/mol. The van der Waals surface area contributed by atoms with E-state index in [1.807, 2.05) is 60.1 Å². The van der Waals surface area contributed by atoms with E-state index in [1.165, 1.54) is 0 Å². The van der Waals surface area contributed by atoms with Gasteiger partial charge in [0.15, 0.2) is 0 Å². The molecule has 3 aromatic heterocycles. The Morgan fingerprint density at radius 2 is 1.89 bits per heavy atom. The van der Waals surface area contributed by atoms with Crippen LogP contribution >= 0.6 is 22.7 Å². The van der Waals surface area contributed by atoms with Crippen LogP contribution in [0.3, 0.4) is 0 Å². The van der Waals surface area contributed by atoms with Crippen LogP contribution in [0, 0.1) is 0 Å². The van der Waals surface area contributed by atoms with E-state index in [9.17, 15) is 0 Å². The molecule has 0 unspecified atom stereocenters.